The van der Waals surface area contributed by atoms with Crippen LogP contribution in [0.4, 0.5) is 4.79 Å². The first kappa shape index (κ1) is 39.0. The average molecular weight is 674 g/mol. The Kier molecular flexibility index (Phi) is 18.1. The highest BCUT2D eigenvalue weighted by molar-refractivity contribution is 7.54. The van der Waals surface area contributed by atoms with Gasteiger partial charge in [0.05, 0.1) is 19.3 Å². The number of nitrogens with zero attached hydrogens (tertiary/aromatic N) is 1. The topological polar surface area (TPSA) is 144 Å². The molecular formula is C32H53ClN3O8P. The molecule has 3 atom stereocenters. The second-order valence-corrected chi connectivity index (χ2v) is 14.1. The quantitative estimate of drug-likeness (QED) is 0.107. The molecule has 2 rings (SSSR count). The molecule has 0 bridgehead atoms. The van der Waals surface area contributed by atoms with Crippen molar-refractivity contribution in [3.8, 4) is 0 Å². The number of aliphatic hydroxyl groups is 1. The van der Waals surface area contributed by atoms with Gasteiger partial charge in [0, 0.05) is 31.6 Å². The number of amides is 3. The lowest BCUT2D eigenvalue weighted by Gasteiger charge is -2.31. The van der Waals surface area contributed by atoms with E-state index in [4.69, 9.17) is 25.4 Å². The first-order valence-electron chi connectivity index (χ1n) is 16.3. The fourth-order valence-electron chi connectivity index (χ4n) is 5.46. The summed E-state index contributed by atoms with van der Waals surface area (Å²) in [4.78, 5) is 41.2. The maximum absolute atomic E-state index is 13.8. The van der Waals surface area contributed by atoms with Crippen molar-refractivity contribution in [2.75, 3.05) is 26.8 Å². The SMILES string of the molecule is CCCCCN(C)C(=O)CC[C@H](NC(=O)[C@H](CC1CCCCC1)OC(=O)NCc1cccc(Cl)c1)C(O)P(=O)(OCC)OCC. The fraction of sp³-hybridized carbons (Fsp3) is 0.719. The molecule has 1 aromatic carbocycles. The van der Waals surface area contributed by atoms with Crippen LogP contribution in [0.5, 0.6) is 0 Å². The third kappa shape index (κ3) is 14.0. The molecule has 0 spiro atoms. The number of alkyl carbamates (subject to hydrolysis) is 1. The van der Waals surface area contributed by atoms with Gasteiger partial charge >= 0.3 is 13.7 Å². The van der Waals surface area contributed by atoms with Gasteiger partial charge in [0.2, 0.25) is 5.91 Å². The summed E-state index contributed by atoms with van der Waals surface area (Å²) in [6.07, 6.45) is 6.19. The molecule has 45 heavy (non-hydrogen) atoms. The van der Waals surface area contributed by atoms with Gasteiger partial charge in [0.25, 0.3) is 5.91 Å². The summed E-state index contributed by atoms with van der Waals surface area (Å²) in [5.74, 6) is -2.39. The normalized spacial score (nSPS) is 16.0. The Bertz CT molecular complexity index is 1090. The van der Waals surface area contributed by atoms with Gasteiger partial charge in [-0.15, -0.1) is 0 Å². The Morgan fingerprint density at radius 1 is 1.09 bits per heavy atom. The molecule has 11 nitrogen and oxygen atoms in total. The minimum atomic E-state index is -4.08. The van der Waals surface area contributed by atoms with E-state index in [9.17, 15) is 24.1 Å². The molecule has 0 heterocycles. The number of carbonyl (C=O) groups excluding carboxylic acids is 3. The van der Waals surface area contributed by atoms with Crippen LogP contribution in [0, 0.1) is 5.92 Å². The number of hydrogen-bond donors (Lipinski definition) is 3. The molecule has 256 valence electrons. The van der Waals surface area contributed by atoms with Crippen molar-refractivity contribution in [3.63, 3.8) is 0 Å². The van der Waals surface area contributed by atoms with Gasteiger partial charge in [-0.1, -0.05) is 75.6 Å². The second kappa shape index (κ2) is 20.9. The van der Waals surface area contributed by atoms with Gasteiger partial charge in [0.1, 0.15) is 0 Å². The molecule has 1 aliphatic rings. The molecule has 3 amide bonds. The van der Waals surface area contributed by atoms with Crippen LogP contribution in [0.15, 0.2) is 24.3 Å². The van der Waals surface area contributed by atoms with E-state index in [1.54, 1.807) is 44.0 Å². The van der Waals surface area contributed by atoms with Crippen LogP contribution >= 0.6 is 19.2 Å². The van der Waals surface area contributed by atoms with Crippen molar-refractivity contribution < 1.29 is 37.8 Å². The summed E-state index contributed by atoms with van der Waals surface area (Å²) in [5.41, 5.74) is 0.767. The number of benzene rings is 1. The molecule has 0 radical (unpaired) electrons. The van der Waals surface area contributed by atoms with Crippen LogP contribution in [0.25, 0.3) is 0 Å². The van der Waals surface area contributed by atoms with Crippen LogP contribution in [0.2, 0.25) is 5.02 Å². The molecule has 0 aromatic heterocycles. The highest BCUT2D eigenvalue weighted by atomic mass is 35.5. The zero-order valence-corrected chi connectivity index (χ0v) is 29.0. The van der Waals surface area contributed by atoms with Crippen LogP contribution < -0.4 is 10.6 Å². The van der Waals surface area contributed by atoms with Gasteiger partial charge in [-0.3, -0.25) is 14.2 Å². The van der Waals surface area contributed by atoms with E-state index in [0.29, 0.717) is 18.0 Å². The summed E-state index contributed by atoms with van der Waals surface area (Å²) in [6.45, 7) is 6.08. The number of unbranched alkanes of at least 4 members (excludes halogenated alkanes) is 2. The molecule has 0 saturated heterocycles. The number of aliphatic hydroxyl groups excluding tert-OH is 1. The van der Waals surface area contributed by atoms with E-state index in [0.717, 1.165) is 56.9 Å². The molecule has 1 saturated carbocycles. The molecule has 13 heteroatoms. The first-order chi connectivity index (χ1) is 21.5. The summed E-state index contributed by atoms with van der Waals surface area (Å²) < 4.78 is 30.0. The Labute approximate surface area is 273 Å². The Morgan fingerprint density at radius 2 is 1.78 bits per heavy atom. The van der Waals surface area contributed by atoms with E-state index < -0.39 is 37.6 Å². The van der Waals surface area contributed by atoms with E-state index >= 15 is 0 Å². The van der Waals surface area contributed by atoms with Crippen molar-refractivity contribution in [1.82, 2.24) is 15.5 Å². The Hall–Kier alpha value is -2.17. The van der Waals surface area contributed by atoms with Crippen molar-refractivity contribution >= 4 is 37.1 Å². The van der Waals surface area contributed by atoms with E-state index in [-0.39, 0.29) is 44.4 Å². The number of ether oxygens (including phenoxy) is 1. The van der Waals surface area contributed by atoms with E-state index in [2.05, 4.69) is 17.6 Å². The van der Waals surface area contributed by atoms with Crippen LogP contribution in [-0.2, 0) is 34.5 Å². The largest absolute Gasteiger partial charge is 0.436 e. The monoisotopic (exact) mass is 673 g/mol. The maximum atomic E-state index is 13.8. The van der Waals surface area contributed by atoms with Crippen LogP contribution in [0.1, 0.15) is 97.0 Å². The summed E-state index contributed by atoms with van der Waals surface area (Å²) in [6, 6.07) is 5.86. The lowest BCUT2D eigenvalue weighted by Crippen LogP contribution is -2.50. The van der Waals surface area contributed by atoms with Gasteiger partial charge in [-0.25, -0.2) is 4.79 Å². The Balaban J connectivity index is 2.23. The maximum Gasteiger partial charge on any atom is 0.408 e. The van der Waals surface area contributed by atoms with Gasteiger partial charge < -0.3 is 34.4 Å². The highest BCUT2D eigenvalue weighted by Crippen LogP contribution is 2.53. The van der Waals surface area contributed by atoms with Gasteiger partial charge in [-0.2, -0.15) is 0 Å². The zero-order valence-electron chi connectivity index (χ0n) is 27.3. The average Bonchev–Trinajstić information content (AvgIpc) is 3.02. The van der Waals surface area contributed by atoms with Crippen molar-refractivity contribution in [2.45, 2.75) is 116 Å². The second-order valence-electron chi connectivity index (χ2n) is 11.6. The number of halogens is 1. The lowest BCUT2D eigenvalue weighted by atomic mass is 9.85. The number of nitrogens with one attached hydrogen (secondary N) is 2. The van der Waals surface area contributed by atoms with Crippen molar-refractivity contribution in [3.05, 3.63) is 34.9 Å². The Morgan fingerprint density at radius 3 is 2.40 bits per heavy atom. The number of hydrogen-bond acceptors (Lipinski definition) is 8. The minimum Gasteiger partial charge on any atom is -0.436 e. The fourth-order valence-corrected chi connectivity index (χ4v) is 7.44. The third-order valence-corrected chi connectivity index (χ3v) is 10.4. The minimum absolute atomic E-state index is 0.00825. The standard InChI is InChI=1S/C32H53ClN3O8P/c1-5-8-12-20-36(4)29(37)19-18-27(31(39)45(41,42-6-2)43-7-3)35-30(38)28(22-24-14-10-9-11-15-24)44-32(40)34-23-25-16-13-17-26(33)21-25/h13,16-17,21,24,27-28,31,39H,5-12,14-15,18-20,22-23H2,1-4H3,(H,34,40)(H,35,38)/t27-,28-,31?/m0/s1. The summed E-state index contributed by atoms with van der Waals surface area (Å²) >= 11 is 6.05. The third-order valence-electron chi connectivity index (χ3n) is 7.96. The zero-order chi connectivity index (χ0) is 33.2. The smallest absolute Gasteiger partial charge is 0.408 e. The van der Waals surface area contributed by atoms with Crippen LogP contribution in [0.3, 0.4) is 0 Å². The lowest BCUT2D eigenvalue weighted by molar-refractivity contribution is -0.133. The number of rotatable bonds is 20. The predicted molar refractivity (Wildman–Crippen MR) is 175 cm³/mol. The molecule has 1 aliphatic carbocycles. The van der Waals surface area contributed by atoms with Crippen molar-refractivity contribution in [2.24, 2.45) is 5.92 Å². The molecule has 3 N–H and O–H groups in total. The highest BCUT2D eigenvalue weighted by Gasteiger charge is 2.42. The molecule has 1 aromatic rings. The molecule has 1 fully saturated rings. The first-order valence-corrected chi connectivity index (χ1v) is 18.3. The summed E-state index contributed by atoms with van der Waals surface area (Å²) in [7, 11) is -2.37. The van der Waals surface area contributed by atoms with Crippen LogP contribution in [-0.4, -0.2) is 72.7 Å². The number of carbonyl (C=O) groups is 3. The van der Waals surface area contributed by atoms with E-state index in [1.807, 2.05) is 6.07 Å². The van der Waals surface area contributed by atoms with Gasteiger partial charge in [0.15, 0.2) is 11.9 Å². The van der Waals surface area contributed by atoms with E-state index in [1.165, 1.54) is 0 Å². The van der Waals surface area contributed by atoms with Gasteiger partial charge in [-0.05, 0) is 56.7 Å². The molecule has 1 unspecified atom stereocenters. The van der Waals surface area contributed by atoms with Crippen molar-refractivity contribution in [1.29, 1.82) is 0 Å². The predicted octanol–water partition coefficient (Wildman–Crippen LogP) is 6.40. The molecular weight excluding hydrogens is 621 g/mol. The summed E-state index contributed by atoms with van der Waals surface area (Å²) in [5, 5.41) is 17.2. The molecule has 0 aliphatic heterocycles.